The Balaban J connectivity index is 1.62. The molecule has 27 heavy (non-hydrogen) atoms. The normalized spacial score (nSPS) is 14.1. The van der Waals surface area contributed by atoms with Gasteiger partial charge in [0.15, 0.2) is 0 Å². The number of hydrogen-bond acceptors (Lipinski definition) is 1. The molecule has 0 aliphatic carbocycles. The number of amides is 1. The topological polar surface area (TPSA) is 36.1 Å². The lowest BCUT2D eigenvalue weighted by atomic mass is 9.96. The number of hydrogen-bond donors (Lipinski definition) is 1. The zero-order valence-electron chi connectivity index (χ0n) is 14.4. The van der Waals surface area contributed by atoms with E-state index >= 15 is 0 Å². The predicted octanol–water partition coefficient (Wildman–Crippen LogP) is 4.90. The summed E-state index contributed by atoms with van der Waals surface area (Å²) in [6.07, 6.45) is -2.14. The van der Waals surface area contributed by atoms with Crippen molar-refractivity contribution in [3.63, 3.8) is 0 Å². The van der Waals surface area contributed by atoms with Gasteiger partial charge in [0.2, 0.25) is 0 Å². The number of benzene rings is 2. The quantitative estimate of drug-likeness (QED) is 0.684. The fourth-order valence-electron chi connectivity index (χ4n) is 3.47. The molecule has 0 atom stereocenters. The van der Waals surface area contributed by atoms with Gasteiger partial charge in [-0.3, -0.25) is 4.79 Å². The van der Waals surface area contributed by atoms with Crippen LogP contribution in [0, 0.1) is 0 Å². The zero-order valence-corrected chi connectivity index (χ0v) is 14.4. The van der Waals surface area contributed by atoms with Gasteiger partial charge < -0.3 is 9.88 Å². The molecule has 4 rings (SSSR count). The van der Waals surface area contributed by atoms with Gasteiger partial charge in [0.1, 0.15) is 0 Å². The van der Waals surface area contributed by atoms with Crippen molar-refractivity contribution in [2.24, 2.45) is 0 Å². The van der Waals surface area contributed by atoms with Crippen molar-refractivity contribution in [1.82, 2.24) is 9.88 Å². The highest BCUT2D eigenvalue weighted by Crippen LogP contribution is 2.33. The molecule has 1 aliphatic heterocycles. The molecular formula is C21H17F3N2O. The summed E-state index contributed by atoms with van der Waals surface area (Å²) < 4.78 is 39.0. The Morgan fingerprint density at radius 2 is 1.78 bits per heavy atom. The number of nitrogens with one attached hydrogen (secondary N) is 1. The third kappa shape index (κ3) is 3.35. The lowest BCUT2D eigenvalue weighted by Crippen LogP contribution is -2.36. The van der Waals surface area contributed by atoms with Crippen LogP contribution >= 0.6 is 0 Å². The summed E-state index contributed by atoms with van der Waals surface area (Å²) in [6.45, 7) is 0.661. The Kier molecular flexibility index (Phi) is 4.26. The summed E-state index contributed by atoms with van der Waals surface area (Å²) in [5.74, 6) is -0.182. The van der Waals surface area contributed by atoms with E-state index in [1.54, 1.807) is 17.2 Å². The van der Waals surface area contributed by atoms with Crippen LogP contribution in [0.25, 0.3) is 11.3 Å². The molecule has 1 amide bonds. The van der Waals surface area contributed by atoms with Crippen LogP contribution < -0.4 is 0 Å². The Bertz CT molecular complexity index is 977. The van der Waals surface area contributed by atoms with E-state index in [0.29, 0.717) is 24.1 Å². The van der Waals surface area contributed by atoms with Crippen molar-refractivity contribution in [1.29, 1.82) is 0 Å². The van der Waals surface area contributed by atoms with Crippen LogP contribution in [0.2, 0.25) is 0 Å². The van der Waals surface area contributed by atoms with Gasteiger partial charge in [-0.25, -0.2) is 0 Å². The fourth-order valence-corrected chi connectivity index (χ4v) is 3.47. The maximum atomic E-state index is 13.0. The van der Waals surface area contributed by atoms with Crippen molar-refractivity contribution < 1.29 is 18.0 Å². The molecule has 0 spiro atoms. The zero-order chi connectivity index (χ0) is 19.0. The maximum Gasteiger partial charge on any atom is 0.416 e. The van der Waals surface area contributed by atoms with E-state index in [4.69, 9.17) is 0 Å². The monoisotopic (exact) mass is 370 g/mol. The second-order valence-electron chi connectivity index (χ2n) is 6.59. The Morgan fingerprint density at radius 3 is 2.52 bits per heavy atom. The molecule has 138 valence electrons. The van der Waals surface area contributed by atoms with E-state index in [-0.39, 0.29) is 12.5 Å². The lowest BCUT2D eigenvalue weighted by Gasteiger charge is -2.29. The standard InChI is InChI=1S/C21H17F3N2O/c22-21(23,24)17-7-6-14-9-11-26(13-16(14)12-17)20(27)18-8-10-25-19(18)15-4-2-1-3-5-15/h1-8,10,12,25H,9,11,13H2. The molecule has 1 aromatic heterocycles. The van der Waals surface area contributed by atoms with Crippen LogP contribution in [-0.4, -0.2) is 22.3 Å². The number of aromatic nitrogens is 1. The molecule has 0 saturated heterocycles. The van der Waals surface area contributed by atoms with E-state index in [2.05, 4.69) is 4.98 Å². The molecule has 1 aliphatic rings. The first-order chi connectivity index (χ1) is 12.9. The van der Waals surface area contributed by atoms with E-state index < -0.39 is 11.7 Å². The number of halogens is 3. The van der Waals surface area contributed by atoms with Gasteiger partial charge in [-0.15, -0.1) is 0 Å². The molecule has 0 radical (unpaired) electrons. The number of fused-ring (bicyclic) bond motifs is 1. The van der Waals surface area contributed by atoms with Crippen molar-refractivity contribution in [2.45, 2.75) is 19.1 Å². The Labute approximate surface area is 154 Å². The van der Waals surface area contributed by atoms with E-state index in [9.17, 15) is 18.0 Å². The summed E-state index contributed by atoms with van der Waals surface area (Å²) in [4.78, 5) is 17.7. The number of carbonyl (C=O) groups excluding carboxylic acids is 1. The van der Waals surface area contributed by atoms with Gasteiger partial charge in [0.05, 0.1) is 16.8 Å². The highest BCUT2D eigenvalue weighted by atomic mass is 19.4. The Hall–Kier alpha value is -3.02. The predicted molar refractivity (Wildman–Crippen MR) is 96.1 cm³/mol. The van der Waals surface area contributed by atoms with Crippen molar-refractivity contribution in [3.8, 4) is 11.3 Å². The first-order valence-electron chi connectivity index (χ1n) is 8.64. The van der Waals surface area contributed by atoms with Crippen molar-refractivity contribution in [2.75, 3.05) is 6.54 Å². The fraction of sp³-hybridized carbons (Fsp3) is 0.190. The molecule has 0 unspecified atom stereocenters. The minimum absolute atomic E-state index is 0.178. The van der Waals surface area contributed by atoms with Gasteiger partial charge in [-0.1, -0.05) is 36.4 Å². The molecule has 0 bridgehead atoms. The molecule has 3 nitrogen and oxygen atoms in total. The van der Waals surface area contributed by atoms with Crippen LogP contribution in [0.15, 0.2) is 60.8 Å². The highest BCUT2D eigenvalue weighted by Gasteiger charge is 2.32. The minimum atomic E-state index is -4.39. The summed E-state index contributed by atoms with van der Waals surface area (Å²) >= 11 is 0. The number of alkyl halides is 3. The molecule has 2 heterocycles. The number of H-pyrrole nitrogens is 1. The summed E-state index contributed by atoms with van der Waals surface area (Å²) in [5, 5.41) is 0. The molecule has 1 N–H and O–H groups in total. The van der Waals surface area contributed by atoms with E-state index in [1.807, 2.05) is 30.3 Å². The van der Waals surface area contributed by atoms with Gasteiger partial charge in [-0.2, -0.15) is 13.2 Å². The highest BCUT2D eigenvalue weighted by molar-refractivity contribution is 6.00. The van der Waals surface area contributed by atoms with Gasteiger partial charge in [0.25, 0.3) is 5.91 Å². The molecular weight excluding hydrogens is 353 g/mol. The third-order valence-electron chi connectivity index (χ3n) is 4.87. The summed E-state index contributed by atoms with van der Waals surface area (Å²) in [5.41, 5.74) is 2.88. The van der Waals surface area contributed by atoms with Crippen molar-refractivity contribution in [3.05, 3.63) is 83.0 Å². The van der Waals surface area contributed by atoms with Crippen LogP contribution in [0.1, 0.15) is 27.0 Å². The largest absolute Gasteiger partial charge is 0.416 e. The first kappa shape index (κ1) is 17.4. The smallest absolute Gasteiger partial charge is 0.361 e. The third-order valence-corrected chi connectivity index (χ3v) is 4.87. The number of nitrogens with zero attached hydrogens (tertiary/aromatic N) is 1. The lowest BCUT2D eigenvalue weighted by molar-refractivity contribution is -0.137. The van der Waals surface area contributed by atoms with Crippen LogP contribution in [0.4, 0.5) is 13.2 Å². The average Bonchev–Trinajstić information content (AvgIpc) is 3.16. The van der Waals surface area contributed by atoms with Gasteiger partial charge in [0, 0.05) is 19.3 Å². The van der Waals surface area contributed by atoms with Crippen LogP contribution in [0.5, 0.6) is 0 Å². The Morgan fingerprint density at radius 1 is 1.00 bits per heavy atom. The molecule has 3 aromatic rings. The van der Waals surface area contributed by atoms with Gasteiger partial charge in [-0.05, 0) is 41.3 Å². The molecule has 0 fully saturated rings. The summed E-state index contributed by atoms with van der Waals surface area (Å²) in [7, 11) is 0. The van der Waals surface area contributed by atoms with E-state index in [0.717, 1.165) is 29.0 Å². The summed E-state index contributed by atoms with van der Waals surface area (Å²) in [6, 6.07) is 15.0. The molecule has 2 aromatic carbocycles. The van der Waals surface area contributed by atoms with Gasteiger partial charge >= 0.3 is 6.18 Å². The molecule has 6 heteroatoms. The first-order valence-corrected chi connectivity index (χ1v) is 8.64. The molecule has 0 saturated carbocycles. The average molecular weight is 370 g/mol. The number of rotatable bonds is 2. The van der Waals surface area contributed by atoms with E-state index in [1.165, 1.54) is 6.07 Å². The number of aromatic amines is 1. The second kappa shape index (κ2) is 6.61. The SMILES string of the molecule is O=C(c1cc[nH]c1-c1ccccc1)N1CCc2ccc(C(F)(F)F)cc2C1. The van der Waals surface area contributed by atoms with Crippen LogP contribution in [0.3, 0.4) is 0 Å². The number of carbonyl (C=O) groups is 1. The van der Waals surface area contributed by atoms with Crippen molar-refractivity contribution >= 4 is 5.91 Å². The maximum absolute atomic E-state index is 13.0. The second-order valence-corrected chi connectivity index (χ2v) is 6.59. The minimum Gasteiger partial charge on any atom is -0.361 e. The van der Waals surface area contributed by atoms with Crippen LogP contribution in [-0.2, 0) is 19.1 Å².